The second-order valence-corrected chi connectivity index (χ2v) is 2.93. The number of hydrogen-bond acceptors (Lipinski definition) is 2. The third-order valence-electron chi connectivity index (χ3n) is 2.14. The molecule has 1 fully saturated rings. The van der Waals surface area contributed by atoms with Gasteiger partial charge in [0, 0.05) is 6.04 Å². The Balaban J connectivity index is -0.000000176. The Morgan fingerprint density at radius 3 is 1.80 bits per heavy atom. The van der Waals surface area contributed by atoms with Crippen molar-refractivity contribution in [2.45, 2.75) is 59.9 Å². The van der Waals surface area contributed by atoms with Gasteiger partial charge < -0.3 is 10.0 Å². The van der Waals surface area contributed by atoms with Crippen molar-refractivity contribution >= 4 is 6.47 Å². The van der Waals surface area contributed by atoms with E-state index >= 15 is 0 Å². The number of nitrogens with zero attached hydrogens (tertiary/aromatic N) is 1. The van der Waals surface area contributed by atoms with E-state index in [9.17, 15) is 0 Å². The molecule has 1 atom stereocenters. The Bertz CT molecular complexity index is 97.8. The number of carboxylic acid groups (broad SMARTS) is 1. The average Bonchev–Trinajstić information content (AvgIpc) is 2.29. The van der Waals surface area contributed by atoms with Crippen LogP contribution in [0.4, 0.5) is 0 Å². The zero-order valence-corrected chi connectivity index (χ0v) is 11.3. The molecule has 0 aromatic carbocycles. The normalized spacial score (nSPS) is 19.2. The SMILES string of the molecule is CC.CC.CC1CCCCN1C.O=CO. The number of carbonyl (C=O) groups is 1. The molecule has 15 heavy (non-hydrogen) atoms. The molecule has 3 heteroatoms. The summed E-state index contributed by atoms with van der Waals surface area (Å²) in [5.74, 6) is 0. The molecule has 1 saturated heterocycles. The Morgan fingerprint density at radius 2 is 1.60 bits per heavy atom. The van der Waals surface area contributed by atoms with Gasteiger partial charge in [0.2, 0.25) is 0 Å². The molecule has 0 aromatic rings. The Labute approximate surface area is 95.5 Å². The number of piperidine rings is 1. The maximum atomic E-state index is 8.36. The minimum atomic E-state index is -0.250. The van der Waals surface area contributed by atoms with Crippen molar-refractivity contribution in [3.63, 3.8) is 0 Å². The number of hydrogen-bond donors (Lipinski definition) is 1. The van der Waals surface area contributed by atoms with Gasteiger partial charge in [-0.05, 0) is 33.4 Å². The monoisotopic (exact) mass is 219 g/mol. The molecular formula is C12H29NO2. The van der Waals surface area contributed by atoms with E-state index in [1.807, 2.05) is 27.7 Å². The van der Waals surface area contributed by atoms with Crippen LogP contribution < -0.4 is 0 Å². The first-order valence-corrected chi connectivity index (χ1v) is 6.00. The summed E-state index contributed by atoms with van der Waals surface area (Å²) in [4.78, 5) is 10.8. The van der Waals surface area contributed by atoms with Crippen molar-refractivity contribution in [3.05, 3.63) is 0 Å². The Kier molecular flexibility index (Phi) is 25.3. The van der Waals surface area contributed by atoms with Crippen LogP contribution in [0.15, 0.2) is 0 Å². The molecule has 1 aliphatic rings. The van der Waals surface area contributed by atoms with Crippen molar-refractivity contribution in [2.24, 2.45) is 0 Å². The van der Waals surface area contributed by atoms with E-state index in [0.29, 0.717) is 0 Å². The molecule has 1 rings (SSSR count). The van der Waals surface area contributed by atoms with E-state index in [0.717, 1.165) is 6.04 Å². The molecule has 0 bridgehead atoms. The van der Waals surface area contributed by atoms with Gasteiger partial charge in [0.15, 0.2) is 0 Å². The van der Waals surface area contributed by atoms with Crippen LogP contribution in [0, 0.1) is 0 Å². The molecule has 0 saturated carbocycles. The van der Waals surface area contributed by atoms with Gasteiger partial charge in [-0.25, -0.2) is 0 Å². The Morgan fingerprint density at radius 1 is 1.20 bits per heavy atom. The zero-order valence-electron chi connectivity index (χ0n) is 11.3. The van der Waals surface area contributed by atoms with E-state index in [2.05, 4.69) is 18.9 Å². The van der Waals surface area contributed by atoms with Crippen LogP contribution in [-0.2, 0) is 4.79 Å². The first-order chi connectivity index (χ1) is 7.22. The maximum absolute atomic E-state index is 8.36. The summed E-state index contributed by atoms with van der Waals surface area (Å²) in [5, 5.41) is 6.89. The van der Waals surface area contributed by atoms with Crippen molar-refractivity contribution < 1.29 is 9.90 Å². The topological polar surface area (TPSA) is 40.5 Å². The number of rotatable bonds is 0. The van der Waals surface area contributed by atoms with Crippen LogP contribution in [-0.4, -0.2) is 36.1 Å². The predicted octanol–water partition coefficient (Wildman–Crippen LogP) is 3.24. The third kappa shape index (κ3) is 16.1. The molecular weight excluding hydrogens is 190 g/mol. The molecule has 94 valence electrons. The molecule has 0 radical (unpaired) electrons. The average molecular weight is 219 g/mol. The maximum Gasteiger partial charge on any atom is 0.290 e. The van der Waals surface area contributed by atoms with Gasteiger partial charge in [-0.15, -0.1) is 0 Å². The lowest BCUT2D eigenvalue weighted by Gasteiger charge is -2.29. The van der Waals surface area contributed by atoms with Gasteiger partial charge >= 0.3 is 0 Å². The summed E-state index contributed by atoms with van der Waals surface area (Å²) in [6, 6.07) is 0.837. The molecule has 0 spiro atoms. The lowest BCUT2D eigenvalue weighted by molar-refractivity contribution is -0.122. The fourth-order valence-corrected chi connectivity index (χ4v) is 1.24. The molecule has 0 aliphatic carbocycles. The molecule has 3 nitrogen and oxygen atoms in total. The van der Waals surface area contributed by atoms with Gasteiger partial charge in [-0.1, -0.05) is 34.1 Å². The molecule has 0 aromatic heterocycles. The quantitative estimate of drug-likeness (QED) is 0.636. The highest BCUT2D eigenvalue weighted by Crippen LogP contribution is 2.13. The summed E-state index contributed by atoms with van der Waals surface area (Å²) in [6.07, 6.45) is 4.24. The van der Waals surface area contributed by atoms with Gasteiger partial charge in [0.05, 0.1) is 0 Å². The summed E-state index contributed by atoms with van der Waals surface area (Å²) in [7, 11) is 2.21. The van der Waals surface area contributed by atoms with Crippen LogP contribution in [0.2, 0.25) is 0 Å². The smallest absolute Gasteiger partial charge is 0.290 e. The summed E-state index contributed by atoms with van der Waals surface area (Å²) in [5.41, 5.74) is 0. The molecule has 1 aliphatic heterocycles. The first-order valence-electron chi connectivity index (χ1n) is 6.00. The summed E-state index contributed by atoms with van der Waals surface area (Å²) in [6.45, 7) is 11.4. The van der Waals surface area contributed by atoms with E-state index in [1.54, 1.807) is 0 Å². The largest absolute Gasteiger partial charge is 0.483 e. The molecule has 1 heterocycles. The molecule has 1 N–H and O–H groups in total. The fourth-order valence-electron chi connectivity index (χ4n) is 1.24. The lowest BCUT2D eigenvalue weighted by atomic mass is 10.1. The summed E-state index contributed by atoms with van der Waals surface area (Å²) >= 11 is 0. The van der Waals surface area contributed by atoms with Crippen molar-refractivity contribution in [3.8, 4) is 0 Å². The fraction of sp³-hybridized carbons (Fsp3) is 0.917. The van der Waals surface area contributed by atoms with Crippen LogP contribution >= 0.6 is 0 Å². The van der Waals surface area contributed by atoms with Crippen molar-refractivity contribution in [1.29, 1.82) is 0 Å². The minimum absolute atomic E-state index is 0.250. The highest BCUT2D eigenvalue weighted by atomic mass is 16.3. The second-order valence-electron chi connectivity index (χ2n) is 2.93. The first kappa shape index (κ1) is 19.9. The predicted molar refractivity (Wildman–Crippen MR) is 67.3 cm³/mol. The van der Waals surface area contributed by atoms with Gasteiger partial charge in [-0.3, -0.25) is 4.79 Å². The minimum Gasteiger partial charge on any atom is -0.483 e. The molecule has 1 unspecified atom stereocenters. The van der Waals surface area contributed by atoms with Crippen LogP contribution in [0.1, 0.15) is 53.9 Å². The van der Waals surface area contributed by atoms with Crippen molar-refractivity contribution in [1.82, 2.24) is 4.90 Å². The second kappa shape index (κ2) is 19.1. The highest BCUT2D eigenvalue weighted by Gasteiger charge is 2.12. The highest BCUT2D eigenvalue weighted by molar-refractivity contribution is 5.32. The standard InChI is InChI=1S/C7H15N.2C2H6.CH2O2/c1-7-5-3-4-6-8(7)2;2*1-2;2-1-3/h7H,3-6H2,1-2H3;2*1-2H3;1H,(H,2,3). The van der Waals surface area contributed by atoms with Gasteiger partial charge in [0.25, 0.3) is 6.47 Å². The van der Waals surface area contributed by atoms with Crippen LogP contribution in [0.25, 0.3) is 0 Å². The van der Waals surface area contributed by atoms with E-state index in [4.69, 9.17) is 9.90 Å². The number of likely N-dealkylation sites (tertiary alicyclic amines) is 1. The van der Waals surface area contributed by atoms with Gasteiger partial charge in [-0.2, -0.15) is 0 Å². The zero-order chi connectivity index (χ0) is 12.7. The third-order valence-corrected chi connectivity index (χ3v) is 2.14. The van der Waals surface area contributed by atoms with E-state index in [1.165, 1.54) is 25.8 Å². The Hall–Kier alpha value is -0.570. The van der Waals surface area contributed by atoms with Gasteiger partial charge in [0.1, 0.15) is 0 Å². The van der Waals surface area contributed by atoms with Crippen LogP contribution in [0.3, 0.4) is 0 Å². The molecule has 0 amide bonds. The van der Waals surface area contributed by atoms with E-state index in [-0.39, 0.29) is 6.47 Å². The van der Waals surface area contributed by atoms with Crippen LogP contribution in [0.5, 0.6) is 0 Å². The van der Waals surface area contributed by atoms with Crippen molar-refractivity contribution in [2.75, 3.05) is 13.6 Å². The van der Waals surface area contributed by atoms with E-state index < -0.39 is 0 Å². The lowest BCUT2D eigenvalue weighted by Crippen LogP contribution is -2.33. The summed E-state index contributed by atoms with van der Waals surface area (Å²) < 4.78 is 0.